The minimum Gasteiger partial charge on any atom is -0.376 e. The van der Waals surface area contributed by atoms with E-state index in [-0.39, 0.29) is 5.91 Å². The molecule has 2 aliphatic rings. The van der Waals surface area contributed by atoms with E-state index in [2.05, 4.69) is 15.5 Å². The van der Waals surface area contributed by atoms with Crippen LogP contribution in [0.3, 0.4) is 0 Å². The lowest BCUT2D eigenvalue weighted by molar-refractivity contribution is -0.116. The largest absolute Gasteiger partial charge is 0.376 e. The molecule has 0 saturated heterocycles. The molecule has 1 fully saturated rings. The first-order valence-corrected chi connectivity index (χ1v) is 10.3. The lowest BCUT2D eigenvalue weighted by Crippen LogP contribution is -2.14. The van der Waals surface area contributed by atoms with Gasteiger partial charge in [0.2, 0.25) is 5.91 Å². The topological polar surface area (TPSA) is 77.2 Å². The Morgan fingerprint density at radius 2 is 2.15 bits per heavy atom. The average Bonchev–Trinajstić information content (AvgIpc) is 3.23. The molecule has 1 aliphatic carbocycles. The molecule has 0 unspecified atom stereocenters. The number of aryl methyl sites for hydroxylation is 1. The summed E-state index contributed by atoms with van der Waals surface area (Å²) in [4.78, 5) is 18.1. The first-order valence-electron chi connectivity index (χ1n) is 9.53. The van der Waals surface area contributed by atoms with Crippen molar-refractivity contribution < 1.29 is 14.1 Å². The van der Waals surface area contributed by atoms with Crippen LogP contribution in [0.2, 0.25) is 0 Å². The number of nitrogens with one attached hydrogen (secondary N) is 1. The monoisotopic (exact) mass is 375 g/mol. The maximum atomic E-state index is 12.6. The van der Waals surface area contributed by atoms with Gasteiger partial charge in [-0.1, -0.05) is 37.3 Å². The van der Waals surface area contributed by atoms with Crippen LogP contribution >= 0.6 is 11.3 Å². The molecule has 0 spiro atoms. The minimum absolute atomic E-state index is 0.0765. The second-order valence-corrected chi connectivity index (χ2v) is 8.35. The van der Waals surface area contributed by atoms with E-state index in [9.17, 15) is 4.79 Å². The van der Waals surface area contributed by atoms with Gasteiger partial charge in [0, 0.05) is 11.3 Å². The number of amides is 1. The van der Waals surface area contributed by atoms with Crippen LogP contribution < -0.4 is 5.32 Å². The Kier molecular flexibility index (Phi) is 5.36. The molecule has 2 aromatic rings. The first kappa shape index (κ1) is 17.7. The van der Waals surface area contributed by atoms with Crippen molar-refractivity contribution in [3.63, 3.8) is 0 Å². The van der Waals surface area contributed by atoms with Gasteiger partial charge in [0.15, 0.2) is 5.82 Å². The lowest BCUT2D eigenvalue weighted by Gasteiger charge is -2.20. The highest BCUT2D eigenvalue weighted by Crippen LogP contribution is 2.42. The molecule has 0 radical (unpaired) electrons. The van der Waals surface area contributed by atoms with Crippen molar-refractivity contribution in [1.82, 2.24) is 10.1 Å². The molecule has 7 heteroatoms. The van der Waals surface area contributed by atoms with E-state index in [1.54, 1.807) is 18.3 Å². The number of ether oxygens (including phenoxy) is 1. The number of fused-ring (bicyclic) bond motifs is 1. The lowest BCUT2D eigenvalue weighted by atomic mass is 9.86. The van der Waals surface area contributed by atoms with Crippen molar-refractivity contribution >= 4 is 22.2 Å². The minimum atomic E-state index is 0.0765. The van der Waals surface area contributed by atoms with E-state index in [0.29, 0.717) is 37.3 Å². The van der Waals surface area contributed by atoms with Crippen LogP contribution in [-0.2, 0) is 22.6 Å². The molecule has 0 atom stereocenters. The summed E-state index contributed by atoms with van der Waals surface area (Å²) in [5.41, 5.74) is 2.06. The van der Waals surface area contributed by atoms with E-state index in [1.807, 2.05) is 0 Å². The van der Waals surface area contributed by atoms with Crippen molar-refractivity contribution in [2.24, 2.45) is 5.92 Å². The fraction of sp³-hybridized carbons (Fsp3) is 0.632. The van der Waals surface area contributed by atoms with Crippen LogP contribution in [0.1, 0.15) is 61.2 Å². The van der Waals surface area contributed by atoms with Gasteiger partial charge in [-0.2, -0.15) is 4.98 Å². The Balaban J connectivity index is 1.50. The predicted octanol–water partition coefficient (Wildman–Crippen LogP) is 4.48. The summed E-state index contributed by atoms with van der Waals surface area (Å²) in [5.74, 6) is 1.87. The zero-order valence-electron chi connectivity index (χ0n) is 15.2. The number of hydrogen-bond acceptors (Lipinski definition) is 6. The Hall–Kier alpha value is -1.73. The van der Waals surface area contributed by atoms with E-state index < -0.39 is 0 Å². The highest BCUT2D eigenvalue weighted by Gasteiger charge is 2.27. The van der Waals surface area contributed by atoms with Crippen molar-refractivity contribution in [1.29, 1.82) is 0 Å². The second kappa shape index (κ2) is 7.88. The Bertz CT molecular complexity index is 777. The maximum absolute atomic E-state index is 12.6. The first-order chi connectivity index (χ1) is 12.7. The fourth-order valence-electron chi connectivity index (χ4n) is 3.95. The fourth-order valence-corrected chi connectivity index (χ4v) is 5.14. The third-order valence-electron chi connectivity index (χ3n) is 5.32. The van der Waals surface area contributed by atoms with Gasteiger partial charge in [0.05, 0.1) is 18.8 Å². The number of rotatable bonds is 5. The summed E-state index contributed by atoms with van der Waals surface area (Å²) in [6.45, 7) is 3.06. The van der Waals surface area contributed by atoms with Crippen LogP contribution in [0.25, 0.3) is 11.5 Å². The predicted molar refractivity (Wildman–Crippen MR) is 100 cm³/mol. The molecular formula is C19H25N3O3S. The average molecular weight is 375 g/mol. The summed E-state index contributed by atoms with van der Waals surface area (Å²) in [5, 5.41) is 7.84. The highest BCUT2D eigenvalue weighted by atomic mass is 32.1. The molecule has 6 nitrogen and oxygen atoms in total. The number of hydrogen-bond donors (Lipinski definition) is 1. The zero-order valence-corrected chi connectivity index (χ0v) is 16.0. The van der Waals surface area contributed by atoms with Gasteiger partial charge in [-0.15, -0.1) is 11.3 Å². The summed E-state index contributed by atoms with van der Waals surface area (Å²) in [6.07, 6.45) is 8.87. The smallest absolute Gasteiger partial charge is 0.261 e. The van der Waals surface area contributed by atoms with Crippen molar-refractivity contribution in [2.45, 2.75) is 64.9 Å². The van der Waals surface area contributed by atoms with Crippen molar-refractivity contribution in [3.05, 3.63) is 16.3 Å². The number of aromatic nitrogens is 2. The molecule has 0 aromatic carbocycles. The number of thiophene rings is 1. The summed E-state index contributed by atoms with van der Waals surface area (Å²) in [7, 11) is 0. The van der Waals surface area contributed by atoms with Crippen LogP contribution in [0.15, 0.2) is 4.52 Å². The van der Waals surface area contributed by atoms with Crippen LogP contribution in [0.4, 0.5) is 5.00 Å². The van der Waals surface area contributed by atoms with E-state index in [0.717, 1.165) is 28.3 Å². The van der Waals surface area contributed by atoms with Crippen LogP contribution in [0, 0.1) is 12.8 Å². The molecule has 1 aliphatic heterocycles. The molecule has 1 N–H and O–H groups in total. The van der Waals surface area contributed by atoms with Gasteiger partial charge in [-0.3, -0.25) is 4.79 Å². The van der Waals surface area contributed by atoms with E-state index in [4.69, 9.17) is 9.26 Å². The van der Waals surface area contributed by atoms with Gasteiger partial charge >= 0.3 is 0 Å². The quantitative estimate of drug-likeness (QED) is 0.834. The summed E-state index contributed by atoms with van der Waals surface area (Å²) >= 11 is 1.57. The molecule has 0 bridgehead atoms. The Labute approximate surface area is 157 Å². The second-order valence-electron chi connectivity index (χ2n) is 7.25. The van der Waals surface area contributed by atoms with Crippen molar-refractivity contribution in [3.8, 4) is 11.5 Å². The third-order valence-corrected chi connectivity index (χ3v) is 6.44. The zero-order chi connectivity index (χ0) is 17.9. The molecular weight excluding hydrogens is 350 g/mol. The molecule has 1 amide bonds. The molecule has 26 heavy (non-hydrogen) atoms. The van der Waals surface area contributed by atoms with Gasteiger partial charge in [-0.05, 0) is 31.2 Å². The van der Waals surface area contributed by atoms with E-state index in [1.165, 1.54) is 37.7 Å². The van der Waals surface area contributed by atoms with Gasteiger partial charge in [0.25, 0.3) is 5.89 Å². The molecule has 3 heterocycles. The number of carbonyl (C=O) groups excluding carboxylic acids is 1. The van der Waals surface area contributed by atoms with Crippen molar-refractivity contribution in [2.75, 3.05) is 11.9 Å². The Morgan fingerprint density at radius 3 is 2.92 bits per heavy atom. The summed E-state index contributed by atoms with van der Waals surface area (Å²) in [6, 6.07) is 0. The third kappa shape index (κ3) is 3.83. The molecule has 4 rings (SSSR count). The van der Waals surface area contributed by atoms with Gasteiger partial charge < -0.3 is 14.6 Å². The number of nitrogens with zero attached hydrogens (tertiary/aromatic N) is 2. The van der Waals surface area contributed by atoms with Gasteiger partial charge in [0.1, 0.15) is 5.00 Å². The number of anilines is 1. The maximum Gasteiger partial charge on any atom is 0.261 e. The highest BCUT2D eigenvalue weighted by molar-refractivity contribution is 7.17. The molecule has 140 valence electrons. The standard InChI is InChI=1S/C19H25N3O3S/c1-12-20-18(25-22-12)17-14-9-10-24-11-15(14)26-19(17)21-16(23)8-7-13-5-3-2-4-6-13/h13H,2-11H2,1H3,(H,21,23). The molecule has 1 saturated carbocycles. The summed E-state index contributed by atoms with van der Waals surface area (Å²) < 4.78 is 11.0. The SMILES string of the molecule is Cc1noc(-c2c(NC(=O)CCC3CCCCC3)sc3c2CCOC3)n1. The molecule has 2 aromatic heterocycles. The number of carbonyl (C=O) groups is 1. The van der Waals surface area contributed by atoms with Crippen LogP contribution in [0.5, 0.6) is 0 Å². The van der Waals surface area contributed by atoms with Crippen LogP contribution in [-0.4, -0.2) is 22.7 Å². The van der Waals surface area contributed by atoms with E-state index >= 15 is 0 Å². The normalized spacial score (nSPS) is 17.9. The Morgan fingerprint density at radius 1 is 1.31 bits per heavy atom. The van der Waals surface area contributed by atoms with Gasteiger partial charge in [-0.25, -0.2) is 0 Å².